The van der Waals surface area contributed by atoms with Crippen LogP contribution in [0.5, 0.6) is 5.75 Å². The molecular formula is C19H22ClN3O3. The monoisotopic (exact) mass is 375 g/mol. The van der Waals surface area contributed by atoms with Crippen LogP contribution in [0, 0.1) is 0 Å². The Morgan fingerprint density at radius 3 is 2.35 bits per heavy atom. The lowest BCUT2D eigenvalue weighted by Gasteiger charge is -2.36. The molecule has 138 valence electrons. The van der Waals surface area contributed by atoms with Gasteiger partial charge in [0.25, 0.3) is 5.91 Å². The van der Waals surface area contributed by atoms with Crippen molar-refractivity contribution >= 4 is 29.8 Å². The van der Waals surface area contributed by atoms with Crippen molar-refractivity contribution in [2.45, 2.75) is 6.92 Å². The first-order chi connectivity index (χ1) is 12.1. The minimum atomic E-state index is -0.0750. The fourth-order valence-corrected chi connectivity index (χ4v) is 2.88. The molecule has 1 aromatic carbocycles. The molecule has 1 saturated heterocycles. The number of hydrogen-bond acceptors (Lipinski definition) is 5. The molecule has 0 bridgehead atoms. The summed E-state index contributed by atoms with van der Waals surface area (Å²) in [6.45, 7) is 4.29. The summed E-state index contributed by atoms with van der Waals surface area (Å²) in [6, 6.07) is 10.9. The zero-order chi connectivity index (χ0) is 17.6. The Bertz CT molecular complexity index is 747. The van der Waals surface area contributed by atoms with Gasteiger partial charge in [0.1, 0.15) is 5.75 Å². The molecule has 1 aliphatic heterocycles. The van der Waals surface area contributed by atoms with E-state index in [4.69, 9.17) is 4.74 Å². The Morgan fingerprint density at radius 2 is 1.69 bits per heavy atom. The Morgan fingerprint density at radius 1 is 1.04 bits per heavy atom. The van der Waals surface area contributed by atoms with Crippen molar-refractivity contribution in [3.63, 3.8) is 0 Å². The van der Waals surface area contributed by atoms with Gasteiger partial charge >= 0.3 is 0 Å². The van der Waals surface area contributed by atoms with E-state index in [0.29, 0.717) is 24.4 Å². The number of hydrogen-bond donors (Lipinski definition) is 0. The van der Waals surface area contributed by atoms with E-state index in [9.17, 15) is 9.59 Å². The molecule has 0 unspecified atom stereocenters. The summed E-state index contributed by atoms with van der Waals surface area (Å²) < 4.78 is 5.59. The first-order valence-corrected chi connectivity index (χ1v) is 8.30. The lowest BCUT2D eigenvalue weighted by Crippen LogP contribution is -2.50. The predicted molar refractivity (Wildman–Crippen MR) is 102 cm³/mol. The molecule has 0 N–H and O–H groups in total. The summed E-state index contributed by atoms with van der Waals surface area (Å²) in [7, 11) is 0. The summed E-state index contributed by atoms with van der Waals surface area (Å²) in [5, 5.41) is 0. The van der Waals surface area contributed by atoms with Crippen LogP contribution in [0.2, 0.25) is 0 Å². The normalized spacial score (nSPS) is 13.7. The number of pyridine rings is 1. The predicted octanol–water partition coefficient (Wildman–Crippen LogP) is 2.43. The van der Waals surface area contributed by atoms with Gasteiger partial charge in [-0.15, -0.1) is 12.4 Å². The average Bonchev–Trinajstić information content (AvgIpc) is 2.67. The lowest BCUT2D eigenvalue weighted by atomic mass is 10.1. The van der Waals surface area contributed by atoms with Crippen LogP contribution in [-0.4, -0.2) is 54.4 Å². The summed E-state index contributed by atoms with van der Waals surface area (Å²) >= 11 is 0. The van der Waals surface area contributed by atoms with Crippen LogP contribution in [0.1, 0.15) is 17.3 Å². The average molecular weight is 376 g/mol. The Balaban J connectivity index is 0.00000243. The number of aromatic nitrogens is 1. The topological polar surface area (TPSA) is 62.7 Å². The lowest BCUT2D eigenvalue weighted by molar-refractivity contribution is -0.133. The molecule has 2 heterocycles. The molecule has 6 nitrogen and oxygen atoms in total. The summed E-state index contributed by atoms with van der Waals surface area (Å²) in [5.41, 5.74) is 1.62. The molecule has 1 aliphatic rings. The number of halogens is 1. The number of carbonyl (C=O) groups is 2. The number of rotatable bonds is 5. The fourth-order valence-electron chi connectivity index (χ4n) is 2.88. The quantitative estimate of drug-likeness (QED) is 0.751. The third-order valence-corrected chi connectivity index (χ3v) is 4.28. The largest absolute Gasteiger partial charge is 0.483 e. The number of nitrogens with zero attached hydrogens (tertiary/aromatic N) is 3. The maximum absolute atomic E-state index is 12.4. The molecule has 0 saturated carbocycles. The van der Waals surface area contributed by atoms with E-state index in [2.05, 4.69) is 9.88 Å². The molecule has 1 fully saturated rings. The second-order valence-corrected chi connectivity index (χ2v) is 5.91. The molecule has 0 radical (unpaired) electrons. The van der Waals surface area contributed by atoms with Gasteiger partial charge in [-0.3, -0.25) is 14.6 Å². The third-order valence-electron chi connectivity index (χ3n) is 4.28. The number of ketones is 1. The molecule has 2 aromatic rings. The van der Waals surface area contributed by atoms with Gasteiger partial charge in [0.15, 0.2) is 12.4 Å². The highest BCUT2D eigenvalue weighted by Gasteiger charge is 2.22. The molecule has 0 aliphatic carbocycles. The van der Waals surface area contributed by atoms with Gasteiger partial charge in [-0.05, 0) is 31.2 Å². The number of carbonyl (C=O) groups excluding carboxylic acids is 2. The SMILES string of the molecule is CC(=O)c1ccccc1OCC(=O)N1CCN(c2ccncc2)CC1.Cl. The van der Waals surface area contributed by atoms with E-state index in [1.165, 1.54) is 6.92 Å². The van der Waals surface area contributed by atoms with E-state index < -0.39 is 0 Å². The highest BCUT2D eigenvalue weighted by Crippen LogP contribution is 2.19. The van der Waals surface area contributed by atoms with Crippen LogP contribution in [0.3, 0.4) is 0 Å². The van der Waals surface area contributed by atoms with Gasteiger partial charge in [0.2, 0.25) is 0 Å². The first-order valence-electron chi connectivity index (χ1n) is 8.30. The fraction of sp³-hybridized carbons (Fsp3) is 0.316. The van der Waals surface area contributed by atoms with Gasteiger partial charge in [0, 0.05) is 44.3 Å². The van der Waals surface area contributed by atoms with Crippen molar-refractivity contribution in [2.75, 3.05) is 37.7 Å². The van der Waals surface area contributed by atoms with Crippen LogP contribution in [-0.2, 0) is 4.79 Å². The third kappa shape index (κ3) is 4.73. The standard InChI is InChI=1S/C19H21N3O3.ClH/c1-15(23)17-4-2-3-5-18(17)25-14-19(24)22-12-10-21(11-13-22)16-6-8-20-9-7-16;/h2-9H,10-14H2,1H3;1H. The van der Waals surface area contributed by atoms with Crippen molar-refractivity contribution in [1.29, 1.82) is 0 Å². The minimum absolute atomic E-state index is 0. The minimum Gasteiger partial charge on any atom is -0.483 e. The zero-order valence-corrected chi connectivity index (χ0v) is 15.4. The van der Waals surface area contributed by atoms with Gasteiger partial charge in [-0.1, -0.05) is 12.1 Å². The van der Waals surface area contributed by atoms with E-state index >= 15 is 0 Å². The molecule has 0 spiro atoms. The van der Waals surface area contributed by atoms with Crippen LogP contribution < -0.4 is 9.64 Å². The number of benzene rings is 1. The van der Waals surface area contributed by atoms with Crippen molar-refractivity contribution in [3.8, 4) is 5.75 Å². The number of piperazine rings is 1. The van der Waals surface area contributed by atoms with Crippen LogP contribution in [0.15, 0.2) is 48.8 Å². The Kier molecular flexibility index (Phi) is 6.97. The van der Waals surface area contributed by atoms with E-state index in [1.807, 2.05) is 12.1 Å². The highest BCUT2D eigenvalue weighted by molar-refractivity contribution is 5.96. The summed E-state index contributed by atoms with van der Waals surface area (Å²) in [4.78, 5) is 32.0. The molecule has 1 aromatic heterocycles. The number of para-hydroxylation sites is 1. The number of ether oxygens (including phenoxy) is 1. The molecule has 7 heteroatoms. The molecule has 0 atom stereocenters. The Hall–Kier alpha value is -2.60. The maximum atomic E-state index is 12.4. The van der Waals surface area contributed by atoms with Crippen LogP contribution >= 0.6 is 12.4 Å². The maximum Gasteiger partial charge on any atom is 0.260 e. The Labute approximate surface area is 159 Å². The van der Waals surface area contributed by atoms with Gasteiger partial charge in [-0.25, -0.2) is 0 Å². The number of amides is 1. The summed E-state index contributed by atoms with van der Waals surface area (Å²) in [6.07, 6.45) is 3.54. The van der Waals surface area contributed by atoms with E-state index in [-0.39, 0.29) is 30.7 Å². The second kappa shape index (κ2) is 9.20. The van der Waals surface area contributed by atoms with Gasteiger partial charge in [-0.2, -0.15) is 0 Å². The molecule has 1 amide bonds. The summed E-state index contributed by atoms with van der Waals surface area (Å²) in [5.74, 6) is 0.320. The van der Waals surface area contributed by atoms with Crippen LogP contribution in [0.25, 0.3) is 0 Å². The van der Waals surface area contributed by atoms with Crippen molar-refractivity contribution in [3.05, 3.63) is 54.4 Å². The van der Waals surface area contributed by atoms with Crippen molar-refractivity contribution in [2.24, 2.45) is 0 Å². The van der Waals surface area contributed by atoms with Gasteiger partial charge < -0.3 is 14.5 Å². The highest BCUT2D eigenvalue weighted by atomic mass is 35.5. The smallest absolute Gasteiger partial charge is 0.260 e. The molecule has 26 heavy (non-hydrogen) atoms. The second-order valence-electron chi connectivity index (χ2n) is 5.91. The van der Waals surface area contributed by atoms with Gasteiger partial charge in [0.05, 0.1) is 5.56 Å². The molecular weight excluding hydrogens is 354 g/mol. The number of Topliss-reactive ketones (excluding diaryl/α,β-unsaturated/α-hetero) is 1. The number of anilines is 1. The van der Waals surface area contributed by atoms with E-state index in [1.54, 1.807) is 41.6 Å². The van der Waals surface area contributed by atoms with Crippen molar-refractivity contribution in [1.82, 2.24) is 9.88 Å². The first kappa shape index (κ1) is 19.7. The van der Waals surface area contributed by atoms with Crippen molar-refractivity contribution < 1.29 is 14.3 Å². The molecule has 3 rings (SSSR count). The van der Waals surface area contributed by atoms with Crippen LogP contribution in [0.4, 0.5) is 5.69 Å². The zero-order valence-electron chi connectivity index (χ0n) is 14.6. The van der Waals surface area contributed by atoms with E-state index in [0.717, 1.165) is 18.8 Å².